The lowest BCUT2D eigenvalue weighted by atomic mass is 10.1. The first-order chi connectivity index (χ1) is 15.6. The molecule has 0 aromatic heterocycles. The predicted molar refractivity (Wildman–Crippen MR) is 135 cm³/mol. The highest BCUT2D eigenvalue weighted by Crippen LogP contribution is 2.30. The van der Waals surface area contributed by atoms with Crippen molar-refractivity contribution in [3.63, 3.8) is 0 Å². The highest BCUT2D eigenvalue weighted by atomic mass is 32.2. The molecule has 5 heteroatoms. The van der Waals surface area contributed by atoms with Crippen molar-refractivity contribution >= 4 is 23.5 Å². The standard InChI is InChI=1S/C27H39NO3S/c1-2-3-4-5-6-7-8-9-10-11-12-13-22-28(27(30)31)23-14-18-25(19-15-23)32-26-20-16-24(29)17-21-26/h14-21,29H,2-13,22H2,1H3,(H,30,31). The molecule has 176 valence electrons. The average molecular weight is 458 g/mol. The molecular formula is C27H39NO3S. The molecule has 0 saturated heterocycles. The second-order valence-electron chi connectivity index (χ2n) is 8.41. The van der Waals surface area contributed by atoms with E-state index in [0.717, 1.165) is 28.3 Å². The van der Waals surface area contributed by atoms with Gasteiger partial charge in [-0.2, -0.15) is 0 Å². The van der Waals surface area contributed by atoms with Crippen molar-refractivity contribution in [2.75, 3.05) is 11.4 Å². The Kier molecular flexibility index (Phi) is 12.8. The first-order valence-electron chi connectivity index (χ1n) is 12.2. The van der Waals surface area contributed by atoms with Crippen molar-refractivity contribution in [1.82, 2.24) is 0 Å². The van der Waals surface area contributed by atoms with Crippen molar-refractivity contribution in [3.05, 3.63) is 48.5 Å². The molecule has 0 aliphatic heterocycles. The van der Waals surface area contributed by atoms with Gasteiger partial charge in [0.1, 0.15) is 5.75 Å². The molecule has 2 aromatic rings. The van der Waals surface area contributed by atoms with E-state index in [1.807, 2.05) is 36.4 Å². The second kappa shape index (κ2) is 15.6. The quantitative estimate of drug-likeness (QED) is 0.247. The average Bonchev–Trinajstić information content (AvgIpc) is 2.79. The van der Waals surface area contributed by atoms with Crippen LogP contribution in [0.3, 0.4) is 0 Å². The van der Waals surface area contributed by atoms with Crippen LogP contribution in [0.5, 0.6) is 5.75 Å². The van der Waals surface area contributed by atoms with Crippen LogP contribution in [0.25, 0.3) is 0 Å². The van der Waals surface area contributed by atoms with Gasteiger partial charge in [0.15, 0.2) is 0 Å². The second-order valence-corrected chi connectivity index (χ2v) is 9.56. The van der Waals surface area contributed by atoms with E-state index in [9.17, 15) is 15.0 Å². The maximum atomic E-state index is 11.7. The van der Waals surface area contributed by atoms with Crippen molar-refractivity contribution in [2.45, 2.75) is 93.8 Å². The molecule has 0 unspecified atom stereocenters. The number of hydrogen-bond acceptors (Lipinski definition) is 3. The molecule has 0 spiro atoms. The Morgan fingerprint density at radius 2 is 1.16 bits per heavy atom. The highest BCUT2D eigenvalue weighted by molar-refractivity contribution is 7.99. The summed E-state index contributed by atoms with van der Waals surface area (Å²) in [5.74, 6) is 0.250. The molecule has 0 aliphatic carbocycles. The minimum atomic E-state index is -0.896. The number of anilines is 1. The third-order valence-electron chi connectivity index (χ3n) is 5.69. The highest BCUT2D eigenvalue weighted by Gasteiger charge is 2.13. The van der Waals surface area contributed by atoms with Crippen LogP contribution in [0.2, 0.25) is 0 Å². The number of phenolic OH excluding ortho intramolecular Hbond substituents is 1. The SMILES string of the molecule is CCCCCCCCCCCCCCN(C(=O)O)c1ccc(Sc2ccc(O)cc2)cc1. The minimum Gasteiger partial charge on any atom is -0.508 e. The van der Waals surface area contributed by atoms with Gasteiger partial charge in [-0.05, 0) is 55.0 Å². The minimum absolute atomic E-state index is 0.250. The molecule has 32 heavy (non-hydrogen) atoms. The lowest BCUT2D eigenvalue weighted by Crippen LogP contribution is -2.30. The van der Waals surface area contributed by atoms with Crippen LogP contribution in [-0.2, 0) is 0 Å². The molecule has 0 radical (unpaired) electrons. The molecule has 0 aliphatic rings. The van der Waals surface area contributed by atoms with Crippen LogP contribution in [0.15, 0.2) is 58.3 Å². The Balaban J connectivity index is 1.64. The maximum absolute atomic E-state index is 11.7. The number of rotatable bonds is 16. The molecule has 0 heterocycles. The zero-order chi connectivity index (χ0) is 23.0. The van der Waals surface area contributed by atoms with E-state index in [2.05, 4.69) is 6.92 Å². The number of nitrogens with zero attached hydrogens (tertiary/aromatic N) is 1. The summed E-state index contributed by atoms with van der Waals surface area (Å²) in [5.41, 5.74) is 0.718. The maximum Gasteiger partial charge on any atom is 0.411 e. The summed E-state index contributed by atoms with van der Waals surface area (Å²) in [6.45, 7) is 2.79. The zero-order valence-electron chi connectivity index (χ0n) is 19.5. The van der Waals surface area contributed by atoms with Crippen molar-refractivity contribution in [2.24, 2.45) is 0 Å². The van der Waals surface area contributed by atoms with Gasteiger partial charge in [0.05, 0.1) is 0 Å². The summed E-state index contributed by atoms with van der Waals surface area (Å²) in [6, 6.07) is 14.7. The van der Waals surface area contributed by atoms with Gasteiger partial charge in [-0.1, -0.05) is 89.3 Å². The monoisotopic (exact) mass is 457 g/mol. The first-order valence-corrected chi connectivity index (χ1v) is 13.0. The Bertz CT molecular complexity index is 761. The largest absolute Gasteiger partial charge is 0.508 e. The summed E-state index contributed by atoms with van der Waals surface area (Å²) in [6.07, 6.45) is 14.3. The van der Waals surface area contributed by atoms with Gasteiger partial charge in [0, 0.05) is 22.0 Å². The van der Waals surface area contributed by atoms with E-state index >= 15 is 0 Å². The topological polar surface area (TPSA) is 60.8 Å². The molecule has 0 saturated carbocycles. The van der Waals surface area contributed by atoms with Gasteiger partial charge in [0.25, 0.3) is 0 Å². The summed E-state index contributed by atoms with van der Waals surface area (Å²) in [5, 5.41) is 19.0. The van der Waals surface area contributed by atoms with Crippen molar-refractivity contribution in [3.8, 4) is 5.75 Å². The van der Waals surface area contributed by atoms with Gasteiger partial charge in [-0.25, -0.2) is 4.79 Å². The number of benzene rings is 2. The Morgan fingerprint density at radius 1 is 0.719 bits per heavy atom. The molecular weight excluding hydrogens is 418 g/mol. The Morgan fingerprint density at radius 3 is 1.62 bits per heavy atom. The first kappa shape index (κ1) is 26.1. The van der Waals surface area contributed by atoms with Crippen LogP contribution in [-0.4, -0.2) is 22.9 Å². The number of carboxylic acid groups (broad SMARTS) is 1. The third kappa shape index (κ3) is 10.4. The van der Waals surface area contributed by atoms with Crippen LogP contribution >= 0.6 is 11.8 Å². The molecule has 0 atom stereocenters. The van der Waals surface area contributed by atoms with E-state index < -0.39 is 6.09 Å². The third-order valence-corrected chi connectivity index (χ3v) is 6.70. The Hall–Kier alpha value is -2.14. The fourth-order valence-corrected chi connectivity index (χ4v) is 4.61. The van der Waals surface area contributed by atoms with Crippen molar-refractivity contribution < 1.29 is 15.0 Å². The van der Waals surface area contributed by atoms with E-state index in [4.69, 9.17) is 0 Å². The van der Waals surface area contributed by atoms with Gasteiger partial charge in [0.2, 0.25) is 0 Å². The summed E-state index contributed by atoms with van der Waals surface area (Å²) in [4.78, 5) is 15.3. The van der Waals surface area contributed by atoms with E-state index in [1.165, 1.54) is 69.1 Å². The molecule has 0 bridgehead atoms. The van der Waals surface area contributed by atoms with E-state index in [0.29, 0.717) is 6.54 Å². The van der Waals surface area contributed by atoms with Gasteiger partial charge < -0.3 is 10.2 Å². The molecule has 4 nitrogen and oxygen atoms in total. The molecule has 1 amide bonds. The number of amides is 1. The molecule has 2 aromatic carbocycles. The molecule has 2 rings (SSSR count). The smallest absolute Gasteiger partial charge is 0.411 e. The molecule has 0 fully saturated rings. The number of phenols is 1. The normalized spacial score (nSPS) is 10.9. The summed E-state index contributed by atoms with van der Waals surface area (Å²) < 4.78 is 0. The van der Waals surface area contributed by atoms with Crippen molar-refractivity contribution in [1.29, 1.82) is 0 Å². The number of unbranched alkanes of at least 4 members (excludes halogenated alkanes) is 11. The van der Waals surface area contributed by atoms with Crippen LogP contribution in [0, 0.1) is 0 Å². The number of carbonyl (C=O) groups is 1. The number of hydrogen-bond donors (Lipinski definition) is 2. The Labute approximate surface area is 198 Å². The van der Waals surface area contributed by atoms with Gasteiger partial charge in [-0.15, -0.1) is 0 Å². The summed E-state index contributed by atoms with van der Waals surface area (Å²) in [7, 11) is 0. The fraction of sp³-hybridized carbons (Fsp3) is 0.519. The summed E-state index contributed by atoms with van der Waals surface area (Å²) >= 11 is 1.59. The lowest BCUT2D eigenvalue weighted by Gasteiger charge is -2.19. The van der Waals surface area contributed by atoms with Crippen LogP contribution in [0.4, 0.5) is 10.5 Å². The lowest BCUT2D eigenvalue weighted by molar-refractivity contribution is 0.201. The predicted octanol–water partition coefficient (Wildman–Crippen LogP) is 8.73. The van der Waals surface area contributed by atoms with Crippen LogP contribution in [0.1, 0.15) is 84.0 Å². The van der Waals surface area contributed by atoms with Gasteiger partial charge in [-0.3, -0.25) is 4.90 Å². The van der Waals surface area contributed by atoms with E-state index in [1.54, 1.807) is 23.9 Å². The fourth-order valence-electron chi connectivity index (χ4n) is 3.79. The number of aromatic hydroxyl groups is 1. The van der Waals surface area contributed by atoms with E-state index in [-0.39, 0.29) is 5.75 Å². The zero-order valence-corrected chi connectivity index (χ0v) is 20.3. The van der Waals surface area contributed by atoms with Gasteiger partial charge >= 0.3 is 6.09 Å². The van der Waals surface area contributed by atoms with Crippen LogP contribution < -0.4 is 4.90 Å². The molecule has 2 N–H and O–H groups in total.